The normalized spacial score (nSPS) is 19.2. The van der Waals surface area contributed by atoms with Crippen molar-refractivity contribution in [2.24, 2.45) is 0 Å². The summed E-state index contributed by atoms with van der Waals surface area (Å²) in [4.78, 5) is 5.97. The molecule has 116 valence electrons. The maximum Gasteiger partial charge on any atom is 0.127 e. The summed E-state index contributed by atoms with van der Waals surface area (Å²) in [5.74, 6) is 0. The predicted octanol–water partition coefficient (Wildman–Crippen LogP) is 4.00. The minimum atomic E-state index is 0.705. The van der Waals surface area contributed by atoms with Gasteiger partial charge in [-0.05, 0) is 38.5 Å². The lowest BCUT2D eigenvalue weighted by Crippen LogP contribution is -2.40. The quantitative estimate of drug-likeness (QED) is 0.582. The zero-order chi connectivity index (χ0) is 15.2. The molecule has 21 heavy (non-hydrogen) atoms. The molecule has 0 N–H and O–H groups in total. The number of nitrogens with zero attached hydrogens (tertiary/aromatic N) is 2. The molecule has 0 aromatic heterocycles. The fourth-order valence-electron chi connectivity index (χ4n) is 2.62. The molecule has 2 aliphatic heterocycles. The Balaban J connectivity index is 1.84. The van der Waals surface area contributed by atoms with Gasteiger partial charge in [0.15, 0.2) is 0 Å². The number of thioether (sulfide) groups is 1. The molecular formula is C14H20N2S5. The van der Waals surface area contributed by atoms with Crippen molar-refractivity contribution in [3.63, 3.8) is 0 Å². The minimum absolute atomic E-state index is 0.705. The summed E-state index contributed by atoms with van der Waals surface area (Å²) in [6.07, 6.45) is 7.37. The zero-order valence-corrected chi connectivity index (χ0v) is 16.1. The highest BCUT2D eigenvalue weighted by Crippen LogP contribution is 2.19. The number of thiocarbonyl (C=S) groups is 4. The molecule has 2 saturated heterocycles. The molecule has 2 aliphatic rings. The summed E-state index contributed by atoms with van der Waals surface area (Å²) in [6, 6.07) is 0. The van der Waals surface area contributed by atoms with Gasteiger partial charge in [0.1, 0.15) is 18.4 Å². The van der Waals surface area contributed by atoms with Crippen LogP contribution in [0.15, 0.2) is 0 Å². The Bertz CT molecular complexity index is 397. The summed E-state index contributed by atoms with van der Waals surface area (Å²) in [5.41, 5.74) is 0. The third-order valence-electron chi connectivity index (χ3n) is 3.82. The van der Waals surface area contributed by atoms with Gasteiger partial charge in [-0.15, -0.1) is 0 Å². The van der Waals surface area contributed by atoms with E-state index in [1.54, 1.807) is 0 Å². The van der Waals surface area contributed by atoms with Crippen LogP contribution < -0.4 is 0 Å². The molecule has 7 heteroatoms. The molecule has 2 heterocycles. The van der Waals surface area contributed by atoms with Gasteiger partial charge in [0.25, 0.3) is 0 Å². The first-order valence-electron chi connectivity index (χ1n) is 7.44. The highest BCUT2D eigenvalue weighted by molar-refractivity contribution is 8.42. The van der Waals surface area contributed by atoms with Gasteiger partial charge >= 0.3 is 0 Å². The first kappa shape index (κ1) is 17.7. The van der Waals surface area contributed by atoms with Crippen LogP contribution in [0, 0.1) is 0 Å². The van der Waals surface area contributed by atoms with Gasteiger partial charge in [-0.1, -0.05) is 60.6 Å². The van der Waals surface area contributed by atoms with Crippen LogP contribution in [0.25, 0.3) is 0 Å². The smallest absolute Gasteiger partial charge is 0.127 e. The molecule has 2 fully saturated rings. The van der Waals surface area contributed by atoms with Crippen molar-refractivity contribution < 1.29 is 0 Å². The fraction of sp³-hybridized carbons (Fsp3) is 0.714. The van der Waals surface area contributed by atoms with E-state index in [2.05, 4.69) is 9.80 Å². The van der Waals surface area contributed by atoms with Crippen LogP contribution in [0.1, 0.15) is 38.5 Å². The molecule has 0 saturated carbocycles. The second-order valence-corrected chi connectivity index (χ2v) is 8.51. The summed E-state index contributed by atoms with van der Waals surface area (Å²) in [7, 11) is 0. The van der Waals surface area contributed by atoms with Crippen molar-refractivity contribution in [2.45, 2.75) is 38.5 Å². The fourth-order valence-corrected chi connectivity index (χ4v) is 4.76. The molecule has 0 unspecified atom stereocenters. The van der Waals surface area contributed by atoms with Gasteiger partial charge in [0.05, 0.1) is 0 Å². The molecule has 0 bridgehead atoms. The predicted molar refractivity (Wildman–Crippen MR) is 109 cm³/mol. The molecule has 2 rings (SSSR count). The van der Waals surface area contributed by atoms with Crippen molar-refractivity contribution in [3.8, 4) is 0 Å². The number of likely N-dealkylation sites (tertiary alicyclic amines) is 2. The lowest BCUT2D eigenvalue weighted by molar-refractivity contribution is 0.350. The van der Waals surface area contributed by atoms with E-state index in [1.165, 1.54) is 50.3 Å². The monoisotopic (exact) mass is 376 g/mol. The standard InChI is InChI=1S/C14H20N2S5/c17-11(15-7-3-1-4-8-15)13(19)21-14(20)12(18)16-9-5-2-6-10-16/h1-10H2. The van der Waals surface area contributed by atoms with Crippen LogP contribution >= 0.6 is 60.6 Å². The molecule has 0 aliphatic carbocycles. The minimum Gasteiger partial charge on any atom is -0.361 e. The highest BCUT2D eigenvalue weighted by Gasteiger charge is 2.22. The summed E-state index contributed by atoms with van der Waals surface area (Å²) >= 11 is 23.3. The average molecular weight is 377 g/mol. The number of hydrogen-bond acceptors (Lipinski definition) is 5. The van der Waals surface area contributed by atoms with E-state index < -0.39 is 0 Å². The second-order valence-electron chi connectivity index (χ2n) is 5.38. The van der Waals surface area contributed by atoms with Gasteiger partial charge in [0, 0.05) is 26.2 Å². The molecule has 0 aromatic rings. The Morgan fingerprint density at radius 2 is 0.905 bits per heavy atom. The third kappa shape index (κ3) is 5.16. The number of piperidine rings is 2. The van der Waals surface area contributed by atoms with Gasteiger partial charge < -0.3 is 9.80 Å². The number of hydrogen-bond donors (Lipinski definition) is 0. The summed E-state index contributed by atoms with van der Waals surface area (Å²) < 4.78 is 1.41. The third-order valence-corrected chi connectivity index (χ3v) is 6.91. The molecule has 0 spiro atoms. The second kappa shape index (κ2) is 8.82. The van der Waals surface area contributed by atoms with E-state index >= 15 is 0 Å². The highest BCUT2D eigenvalue weighted by atomic mass is 32.2. The van der Waals surface area contributed by atoms with Crippen molar-refractivity contribution in [1.29, 1.82) is 0 Å². The van der Waals surface area contributed by atoms with E-state index in [-0.39, 0.29) is 0 Å². The SMILES string of the molecule is S=C(SC(=S)C(=S)N1CCCCC1)C(=S)N1CCCCC1. The lowest BCUT2D eigenvalue weighted by atomic mass is 10.1. The number of rotatable bonds is 0. The first-order chi connectivity index (χ1) is 10.1. The Hall–Kier alpha value is 0.310. The average Bonchev–Trinajstić information content (AvgIpc) is 2.55. The Labute approximate surface area is 153 Å². The van der Waals surface area contributed by atoms with E-state index in [4.69, 9.17) is 48.9 Å². The maximum absolute atomic E-state index is 5.51. The first-order valence-corrected chi connectivity index (χ1v) is 9.89. The van der Waals surface area contributed by atoms with Gasteiger partial charge in [0.2, 0.25) is 0 Å². The molecule has 2 nitrogen and oxygen atoms in total. The van der Waals surface area contributed by atoms with Gasteiger partial charge in [-0.25, -0.2) is 0 Å². The van der Waals surface area contributed by atoms with Crippen molar-refractivity contribution >= 4 is 79.0 Å². The maximum atomic E-state index is 5.51. The van der Waals surface area contributed by atoms with Crippen LogP contribution in [-0.4, -0.2) is 54.3 Å². The lowest BCUT2D eigenvalue weighted by Gasteiger charge is -2.30. The van der Waals surface area contributed by atoms with Gasteiger partial charge in [-0.3, -0.25) is 0 Å². The van der Waals surface area contributed by atoms with Crippen molar-refractivity contribution in [2.75, 3.05) is 26.2 Å². The molecule has 0 aromatic carbocycles. The zero-order valence-electron chi connectivity index (χ0n) is 12.0. The topological polar surface area (TPSA) is 6.48 Å². The van der Waals surface area contributed by atoms with Crippen molar-refractivity contribution in [1.82, 2.24) is 9.80 Å². The summed E-state index contributed by atoms with van der Waals surface area (Å²) in [5, 5.41) is 0. The van der Waals surface area contributed by atoms with Gasteiger partial charge in [-0.2, -0.15) is 0 Å². The van der Waals surface area contributed by atoms with Crippen LogP contribution in [0.4, 0.5) is 0 Å². The van der Waals surface area contributed by atoms with E-state index in [9.17, 15) is 0 Å². The van der Waals surface area contributed by atoms with E-state index in [0.717, 1.165) is 36.2 Å². The van der Waals surface area contributed by atoms with E-state index in [0.29, 0.717) is 8.39 Å². The van der Waals surface area contributed by atoms with E-state index in [1.807, 2.05) is 0 Å². The van der Waals surface area contributed by atoms with Crippen LogP contribution in [0.3, 0.4) is 0 Å². The molecule has 0 radical (unpaired) electrons. The Morgan fingerprint density at radius 3 is 1.24 bits per heavy atom. The molecular weight excluding hydrogens is 357 g/mol. The van der Waals surface area contributed by atoms with Crippen LogP contribution in [-0.2, 0) is 0 Å². The largest absolute Gasteiger partial charge is 0.361 e. The van der Waals surface area contributed by atoms with Crippen LogP contribution in [0.5, 0.6) is 0 Å². The Kier molecular flexibility index (Phi) is 7.41. The Morgan fingerprint density at radius 1 is 0.571 bits per heavy atom. The molecule has 0 amide bonds. The van der Waals surface area contributed by atoms with Crippen molar-refractivity contribution in [3.05, 3.63) is 0 Å². The van der Waals surface area contributed by atoms with Crippen LogP contribution in [0.2, 0.25) is 0 Å². The molecule has 0 atom stereocenters. The summed E-state index contributed by atoms with van der Waals surface area (Å²) in [6.45, 7) is 4.07.